The molecule has 2 atom stereocenters. The molecule has 0 saturated carbocycles. The minimum absolute atomic E-state index is 0.339. The number of fused-ring (bicyclic) bond motifs is 1. The van der Waals surface area contributed by atoms with E-state index in [1.54, 1.807) is 6.92 Å². The zero-order valence-corrected chi connectivity index (χ0v) is 17.2. The monoisotopic (exact) mass is 419 g/mol. The molecule has 0 unspecified atom stereocenters. The molecule has 0 aliphatic carbocycles. The van der Waals surface area contributed by atoms with Gasteiger partial charge in [-0.2, -0.15) is 0 Å². The molecule has 0 spiro atoms. The highest BCUT2D eigenvalue weighted by Gasteiger charge is 2.30. The lowest BCUT2D eigenvalue weighted by atomic mass is 10.0. The normalized spacial score (nSPS) is 17.3. The minimum Gasteiger partial charge on any atom is -0.453 e. The number of carbonyl (C=O) groups excluding carboxylic acids is 2. The Morgan fingerprint density at radius 2 is 1.82 bits per heavy atom. The van der Waals surface area contributed by atoms with E-state index in [1.165, 1.54) is 36.0 Å². The van der Waals surface area contributed by atoms with Crippen LogP contribution in [0.1, 0.15) is 33.7 Å². The van der Waals surface area contributed by atoms with Crippen molar-refractivity contribution in [2.75, 3.05) is 16.7 Å². The van der Waals surface area contributed by atoms with E-state index < -0.39 is 27.3 Å². The van der Waals surface area contributed by atoms with Crippen molar-refractivity contribution in [2.45, 2.75) is 24.7 Å². The van der Waals surface area contributed by atoms with Crippen molar-refractivity contribution in [2.24, 2.45) is 0 Å². The number of sulfonamides is 1. The smallest absolute Gasteiger partial charge is 0.324 e. The summed E-state index contributed by atoms with van der Waals surface area (Å²) in [5.74, 6) is 0.0650. The molecule has 2 aromatic carbocycles. The van der Waals surface area contributed by atoms with Crippen molar-refractivity contribution >= 4 is 39.2 Å². The van der Waals surface area contributed by atoms with Crippen molar-refractivity contribution in [3.63, 3.8) is 0 Å². The largest absolute Gasteiger partial charge is 0.453 e. The molecule has 0 radical (unpaired) electrons. The van der Waals surface area contributed by atoms with Gasteiger partial charge in [-0.3, -0.25) is 14.3 Å². The molecule has 0 fully saturated rings. The maximum atomic E-state index is 12.6. The highest BCUT2D eigenvalue weighted by molar-refractivity contribution is 8.00. The molecule has 2 aromatic rings. The fourth-order valence-electron chi connectivity index (χ4n) is 3.03. The standard InChI is InChI=1S/C20H21NO5S2/c1-13(18(22)15-7-9-16(10-8-15)21-28(2,24)25)26-20(23)19-17-6-4-3-5-14(17)11-12-27-19/h3-10,13,19,21H,11-12H2,1-2H3/t13-,19-/m1/s1. The van der Waals surface area contributed by atoms with E-state index >= 15 is 0 Å². The Labute approximate surface area is 168 Å². The van der Waals surface area contributed by atoms with Gasteiger partial charge in [0.1, 0.15) is 5.25 Å². The second kappa shape index (κ2) is 8.36. The fraction of sp³-hybridized carbons (Fsp3) is 0.300. The van der Waals surface area contributed by atoms with Crippen LogP contribution in [0.25, 0.3) is 0 Å². The third-order valence-electron chi connectivity index (χ3n) is 4.34. The number of aryl methyl sites for hydroxylation is 1. The molecule has 1 heterocycles. The zero-order chi connectivity index (χ0) is 20.3. The summed E-state index contributed by atoms with van der Waals surface area (Å²) in [5, 5.41) is -0.429. The second-order valence-electron chi connectivity index (χ2n) is 6.59. The molecule has 1 aliphatic heterocycles. The molecule has 3 rings (SSSR count). The van der Waals surface area contributed by atoms with Crippen molar-refractivity contribution in [1.29, 1.82) is 0 Å². The molecule has 1 aliphatic rings. The number of anilines is 1. The molecular weight excluding hydrogens is 398 g/mol. The molecule has 8 heteroatoms. The van der Waals surface area contributed by atoms with E-state index in [4.69, 9.17) is 4.74 Å². The summed E-state index contributed by atoms with van der Waals surface area (Å²) in [6.45, 7) is 1.54. The van der Waals surface area contributed by atoms with Crippen LogP contribution in [-0.4, -0.2) is 38.3 Å². The fourth-order valence-corrected chi connectivity index (χ4v) is 4.77. The highest BCUT2D eigenvalue weighted by Crippen LogP contribution is 2.37. The van der Waals surface area contributed by atoms with Gasteiger partial charge in [-0.15, -0.1) is 11.8 Å². The number of thioether (sulfide) groups is 1. The minimum atomic E-state index is -3.39. The molecule has 0 aromatic heterocycles. The molecular formula is C20H21NO5S2. The van der Waals surface area contributed by atoms with Gasteiger partial charge in [-0.05, 0) is 54.5 Å². The predicted octanol–water partition coefficient (Wildman–Crippen LogP) is 3.20. The number of ether oxygens (including phenoxy) is 1. The SMILES string of the molecule is C[C@@H](OC(=O)[C@@H]1SCCc2ccccc21)C(=O)c1ccc(NS(C)(=O)=O)cc1. The van der Waals surface area contributed by atoms with E-state index in [-0.39, 0.29) is 5.78 Å². The Kier molecular flexibility index (Phi) is 6.10. The maximum Gasteiger partial charge on any atom is 0.324 e. The Balaban J connectivity index is 1.67. The van der Waals surface area contributed by atoms with E-state index in [2.05, 4.69) is 4.72 Å². The van der Waals surface area contributed by atoms with Crippen LogP contribution in [0.5, 0.6) is 0 Å². The van der Waals surface area contributed by atoms with Crippen LogP contribution in [0, 0.1) is 0 Å². The van der Waals surface area contributed by atoms with Crippen molar-refractivity contribution in [3.05, 3.63) is 65.2 Å². The first-order chi connectivity index (χ1) is 13.2. The lowest BCUT2D eigenvalue weighted by Crippen LogP contribution is -2.28. The quantitative estimate of drug-likeness (QED) is 0.571. The molecule has 28 heavy (non-hydrogen) atoms. The zero-order valence-electron chi connectivity index (χ0n) is 15.5. The number of hydrogen-bond acceptors (Lipinski definition) is 6. The Hall–Kier alpha value is -2.32. The van der Waals surface area contributed by atoms with Crippen molar-refractivity contribution < 1.29 is 22.7 Å². The van der Waals surface area contributed by atoms with Crippen molar-refractivity contribution in [3.8, 4) is 0 Å². The van der Waals surface area contributed by atoms with Crippen LogP contribution in [0.3, 0.4) is 0 Å². The lowest BCUT2D eigenvalue weighted by Gasteiger charge is -2.24. The summed E-state index contributed by atoms with van der Waals surface area (Å²) < 4.78 is 30.3. The third-order valence-corrected chi connectivity index (χ3v) is 6.17. The Morgan fingerprint density at radius 1 is 1.14 bits per heavy atom. The first-order valence-corrected chi connectivity index (χ1v) is 11.7. The van der Waals surface area contributed by atoms with Gasteiger partial charge < -0.3 is 4.74 Å². The number of rotatable bonds is 6. The van der Waals surface area contributed by atoms with Crippen LogP contribution in [0.4, 0.5) is 5.69 Å². The average Bonchev–Trinajstić information content (AvgIpc) is 2.66. The molecule has 1 N–H and O–H groups in total. The van der Waals surface area contributed by atoms with Gasteiger partial charge in [0.15, 0.2) is 6.10 Å². The summed E-state index contributed by atoms with van der Waals surface area (Å²) >= 11 is 1.52. The number of ketones is 1. The lowest BCUT2D eigenvalue weighted by molar-refractivity contribution is -0.145. The Bertz CT molecular complexity index is 986. The summed E-state index contributed by atoms with van der Waals surface area (Å²) in [4.78, 5) is 25.2. The average molecular weight is 420 g/mol. The van der Waals surface area contributed by atoms with E-state index in [1.807, 2.05) is 24.3 Å². The second-order valence-corrected chi connectivity index (χ2v) is 9.56. The van der Waals surface area contributed by atoms with Crippen LogP contribution >= 0.6 is 11.8 Å². The first-order valence-electron chi connectivity index (χ1n) is 8.76. The Morgan fingerprint density at radius 3 is 2.50 bits per heavy atom. The number of esters is 1. The topological polar surface area (TPSA) is 89.5 Å². The molecule has 0 saturated heterocycles. The summed E-state index contributed by atoms with van der Waals surface area (Å²) in [5.41, 5.74) is 2.78. The maximum absolute atomic E-state index is 12.6. The van der Waals surface area contributed by atoms with E-state index in [9.17, 15) is 18.0 Å². The molecule has 148 valence electrons. The predicted molar refractivity (Wildman–Crippen MR) is 110 cm³/mol. The number of benzene rings is 2. The first kappa shape index (κ1) is 20.4. The van der Waals surface area contributed by atoms with Gasteiger partial charge >= 0.3 is 5.97 Å². The number of hydrogen-bond donors (Lipinski definition) is 1. The number of carbonyl (C=O) groups is 2. The summed E-state index contributed by atoms with van der Waals surface area (Å²) in [7, 11) is -3.39. The molecule has 0 amide bonds. The van der Waals surface area contributed by atoms with Crippen LogP contribution in [0.15, 0.2) is 48.5 Å². The highest BCUT2D eigenvalue weighted by atomic mass is 32.2. The van der Waals surface area contributed by atoms with Gasteiger partial charge in [0.05, 0.1) is 6.26 Å². The van der Waals surface area contributed by atoms with Crippen LogP contribution < -0.4 is 4.72 Å². The van der Waals surface area contributed by atoms with Gasteiger partial charge in [0.2, 0.25) is 15.8 Å². The van der Waals surface area contributed by atoms with Crippen LogP contribution in [0.2, 0.25) is 0 Å². The van der Waals surface area contributed by atoms with Gasteiger partial charge in [0, 0.05) is 11.3 Å². The van der Waals surface area contributed by atoms with Crippen molar-refractivity contribution in [1.82, 2.24) is 0 Å². The molecule has 6 nitrogen and oxygen atoms in total. The van der Waals surface area contributed by atoms with Gasteiger partial charge in [0.25, 0.3) is 0 Å². The van der Waals surface area contributed by atoms with E-state index in [0.29, 0.717) is 11.3 Å². The van der Waals surface area contributed by atoms with Gasteiger partial charge in [-0.25, -0.2) is 8.42 Å². The summed E-state index contributed by atoms with van der Waals surface area (Å²) in [6.07, 6.45) is 1.03. The summed E-state index contributed by atoms with van der Waals surface area (Å²) in [6, 6.07) is 13.8. The van der Waals surface area contributed by atoms with Gasteiger partial charge in [-0.1, -0.05) is 24.3 Å². The molecule has 0 bridgehead atoms. The number of nitrogens with one attached hydrogen (secondary N) is 1. The third kappa shape index (κ3) is 4.94. The van der Waals surface area contributed by atoms with Crippen LogP contribution in [-0.2, 0) is 26.0 Å². The number of Topliss-reactive ketones (excluding diaryl/α,β-unsaturated/α-hetero) is 1. The van der Waals surface area contributed by atoms with E-state index in [0.717, 1.165) is 29.6 Å².